The van der Waals surface area contributed by atoms with Crippen LogP contribution in [0.4, 0.5) is 5.13 Å². The number of rotatable bonds is 7. The minimum Gasteiger partial charge on any atom is -0.494 e. The van der Waals surface area contributed by atoms with Crippen molar-refractivity contribution < 1.29 is 23.5 Å². The highest BCUT2D eigenvalue weighted by atomic mass is 32.1. The Morgan fingerprint density at radius 2 is 2.03 bits per heavy atom. The molecule has 1 atom stereocenters. The Morgan fingerprint density at radius 3 is 2.81 bits per heavy atom. The van der Waals surface area contributed by atoms with Crippen molar-refractivity contribution in [2.24, 2.45) is 0 Å². The largest absolute Gasteiger partial charge is 0.494 e. The smallest absolute Gasteiger partial charge is 0.350 e. The fourth-order valence-corrected chi connectivity index (χ4v) is 5.24. The SMILES string of the molecule is C=CCOC(=O)c1sc(N2C(=O)c3oc4ccccc4c(=O)c3[C@H]2c2cccc(OCC)c2)nc1C. The average Bonchev–Trinajstić information content (AvgIpc) is 3.40. The van der Waals surface area contributed by atoms with Gasteiger partial charge in [0.05, 0.1) is 29.3 Å². The number of anilines is 1. The van der Waals surface area contributed by atoms with E-state index in [1.165, 1.54) is 11.0 Å². The third-order valence-corrected chi connectivity index (χ3v) is 6.91. The van der Waals surface area contributed by atoms with E-state index in [9.17, 15) is 14.4 Å². The third-order valence-electron chi connectivity index (χ3n) is 5.77. The number of benzene rings is 2. The number of esters is 1. The van der Waals surface area contributed by atoms with Crippen LogP contribution in [0.3, 0.4) is 0 Å². The van der Waals surface area contributed by atoms with Crippen molar-refractivity contribution in [2.75, 3.05) is 18.1 Å². The first-order chi connectivity index (χ1) is 17.4. The minimum atomic E-state index is -0.823. The van der Waals surface area contributed by atoms with Gasteiger partial charge in [0.2, 0.25) is 5.76 Å². The van der Waals surface area contributed by atoms with Gasteiger partial charge in [0.25, 0.3) is 5.91 Å². The van der Waals surface area contributed by atoms with E-state index < -0.39 is 17.9 Å². The maximum Gasteiger partial charge on any atom is 0.350 e. The highest BCUT2D eigenvalue weighted by molar-refractivity contribution is 7.17. The maximum absolute atomic E-state index is 13.7. The molecule has 9 heteroatoms. The molecule has 0 N–H and O–H groups in total. The summed E-state index contributed by atoms with van der Waals surface area (Å²) in [5, 5.41) is 0.630. The maximum atomic E-state index is 13.7. The molecule has 4 aromatic rings. The van der Waals surface area contributed by atoms with Gasteiger partial charge in [0.1, 0.15) is 22.8 Å². The summed E-state index contributed by atoms with van der Waals surface area (Å²) < 4.78 is 16.8. The Hall–Kier alpha value is -4.24. The molecular weight excluding hydrogens is 480 g/mol. The van der Waals surface area contributed by atoms with Gasteiger partial charge in [0.15, 0.2) is 10.6 Å². The highest BCUT2D eigenvalue weighted by Crippen LogP contribution is 2.43. The number of nitrogens with zero attached hydrogens (tertiary/aromatic N) is 2. The van der Waals surface area contributed by atoms with Crippen molar-refractivity contribution in [1.82, 2.24) is 4.98 Å². The van der Waals surface area contributed by atoms with E-state index in [4.69, 9.17) is 13.9 Å². The lowest BCUT2D eigenvalue weighted by molar-refractivity contribution is 0.0554. The Balaban J connectivity index is 1.71. The molecule has 36 heavy (non-hydrogen) atoms. The van der Waals surface area contributed by atoms with Crippen LogP contribution in [-0.4, -0.2) is 30.1 Å². The first-order valence-corrected chi connectivity index (χ1v) is 12.1. The van der Waals surface area contributed by atoms with E-state index in [1.54, 1.807) is 49.4 Å². The van der Waals surface area contributed by atoms with Gasteiger partial charge < -0.3 is 13.9 Å². The number of fused-ring (bicyclic) bond motifs is 2. The predicted octanol–water partition coefficient (Wildman–Crippen LogP) is 5.05. The normalized spacial score (nSPS) is 14.7. The topological polar surface area (TPSA) is 98.9 Å². The molecule has 3 heterocycles. The second kappa shape index (κ2) is 9.43. The van der Waals surface area contributed by atoms with Crippen molar-refractivity contribution in [3.8, 4) is 5.75 Å². The third kappa shape index (κ3) is 3.87. The van der Waals surface area contributed by atoms with Gasteiger partial charge in [-0.05, 0) is 43.7 Å². The van der Waals surface area contributed by atoms with E-state index in [0.29, 0.717) is 34.6 Å². The molecule has 0 fully saturated rings. The van der Waals surface area contributed by atoms with E-state index in [0.717, 1.165) is 11.3 Å². The number of thiazole rings is 1. The van der Waals surface area contributed by atoms with Crippen LogP contribution in [-0.2, 0) is 4.74 Å². The van der Waals surface area contributed by atoms with Gasteiger partial charge in [-0.1, -0.05) is 48.3 Å². The molecular formula is C27H22N2O6S. The summed E-state index contributed by atoms with van der Waals surface area (Å²) in [5.74, 6) is -0.520. The van der Waals surface area contributed by atoms with Crippen molar-refractivity contribution in [3.63, 3.8) is 0 Å². The van der Waals surface area contributed by atoms with Crippen molar-refractivity contribution in [3.05, 3.63) is 98.9 Å². The van der Waals surface area contributed by atoms with Crippen LogP contribution in [0.25, 0.3) is 11.0 Å². The molecule has 182 valence electrons. The summed E-state index contributed by atoms with van der Waals surface area (Å²) >= 11 is 1.02. The minimum absolute atomic E-state index is 0.0471. The van der Waals surface area contributed by atoms with Gasteiger partial charge in [0, 0.05) is 0 Å². The summed E-state index contributed by atoms with van der Waals surface area (Å²) in [7, 11) is 0. The molecule has 1 aliphatic rings. The molecule has 0 spiro atoms. The number of amides is 1. The molecule has 1 aliphatic heterocycles. The van der Waals surface area contributed by atoms with Crippen molar-refractivity contribution >= 4 is 39.3 Å². The summed E-state index contributed by atoms with van der Waals surface area (Å²) in [5.41, 5.74) is 1.31. The van der Waals surface area contributed by atoms with Crippen LogP contribution >= 0.6 is 11.3 Å². The van der Waals surface area contributed by atoms with Gasteiger partial charge in [-0.3, -0.25) is 14.5 Å². The number of aromatic nitrogens is 1. The molecule has 2 aromatic carbocycles. The quantitative estimate of drug-likeness (QED) is 0.258. The molecule has 0 saturated carbocycles. The lowest BCUT2D eigenvalue weighted by Crippen LogP contribution is -2.29. The fraction of sp³-hybridized carbons (Fsp3) is 0.185. The molecule has 0 saturated heterocycles. The first kappa shape index (κ1) is 23.5. The molecule has 8 nitrogen and oxygen atoms in total. The number of para-hydroxylation sites is 1. The molecule has 5 rings (SSSR count). The summed E-state index contributed by atoms with van der Waals surface area (Å²) in [6, 6.07) is 13.2. The number of hydrogen-bond donors (Lipinski definition) is 0. The summed E-state index contributed by atoms with van der Waals surface area (Å²) in [6.45, 7) is 7.61. The Bertz CT molecular complexity index is 1570. The fourth-order valence-electron chi connectivity index (χ4n) is 4.25. The number of aryl methyl sites for hydroxylation is 1. The Labute approximate surface area is 210 Å². The van der Waals surface area contributed by atoms with Crippen LogP contribution in [0.1, 0.15) is 50.0 Å². The number of carbonyl (C=O) groups excluding carboxylic acids is 2. The van der Waals surface area contributed by atoms with Gasteiger partial charge in [-0.25, -0.2) is 9.78 Å². The number of carbonyl (C=O) groups is 2. The van der Waals surface area contributed by atoms with E-state index >= 15 is 0 Å². The zero-order chi connectivity index (χ0) is 25.4. The van der Waals surface area contributed by atoms with Gasteiger partial charge in [-0.15, -0.1) is 0 Å². The predicted molar refractivity (Wildman–Crippen MR) is 136 cm³/mol. The van der Waals surface area contributed by atoms with E-state index in [1.807, 2.05) is 13.0 Å². The van der Waals surface area contributed by atoms with Crippen LogP contribution in [0.5, 0.6) is 5.75 Å². The molecule has 0 aliphatic carbocycles. The average molecular weight is 503 g/mol. The summed E-state index contributed by atoms with van der Waals surface area (Å²) in [6.07, 6.45) is 1.47. The first-order valence-electron chi connectivity index (χ1n) is 11.3. The Kier molecular flexibility index (Phi) is 6.15. The molecule has 0 bridgehead atoms. The molecule has 0 unspecified atom stereocenters. The zero-order valence-corrected chi connectivity index (χ0v) is 20.5. The van der Waals surface area contributed by atoms with E-state index in [2.05, 4.69) is 11.6 Å². The van der Waals surface area contributed by atoms with Crippen LogP contribution in [0, 0.1) is 6.92 Å². The monoisotopic (exact) mass is 502 g/mol. The lowest BCUT2D eigenvalue weighted by atomic mass is 9.98. The lowest BCUT2D eigenvalue weighted by Gasteiger charge is -2.23. The van der Waals surface area contributed by atoms with Crippen LogP contribution < -0.4 is 15.1 Å². The zero-order valence-electron chi connectivity index (χ0n) is 19.6. The molecule has 1 amide bonds. The second-order valence-electron chi connectivity index (χ2n) is 8.05. The van der Waals surface area contributed by atoms with Crippen LogP contribution in [0.15, 0.2) is 70.4 Å². The second-order valence-corrected chi connectivity index (χ2v) is 9.03. The van der Waals surface area contributed by atoms with Gasteiger partial charge >= 0.3 is 5.97 Å². The van der Waals surface area contributed by atoms with Crippen molar-refractivity contribution in [1.29, 1.82) is 0 Å². The summed E-state index contributed by atoms with van der Waals surface area (Å²) in [4.78, 5) is 46.1. The Morgan fingerprint density at radius 1 is 1.22 bits per heavy atom. The van der Waals surface area contributed by atoms with Crippen molar-refractivity contribution in [2.45, 2.75) is 19.9 Å². The standard InChI is InChI=1S/C27H22N2O6S/c1-4-13-34-26(32)24-15(3)28-27(36-24)29-21(16-9-8-10-17(14-16)33-5-2)20-22(30)18-11-6-7-12-19(18)35-23(20)25(29)31/h4,6-12,14,21H,1,5,13H2,2-3H3/t21-/m1/s1. The molecule has 0 radical (unpaired) electrons. The number of hydrogen-bond acceptors (Lipinski definition) is 8. The molecule has 2 aromatic heterocycles. The van der Waals surface area contributed by atoms with Crippen LogP contribution in [0.2, 0.25) is 0 Å². The van der Waals surface area contributed by atoms with Gasteiger partial charge in [-0.2, -0.15) is 0 Å². The number of ether oxygens (including phenoxy) is 2. The van der Waals surface area contributed by atoms with E-state index in [-0.39, 0.29) is 33.4 Å². The highest BCUT2D eigenvalue weighted by Gasteiger charge is 2.45.